The number of ether oxygens (including phenoxy) is 2. The first-order valence-electron chi connectivity index (χ1n) is 14.9. The van der Waals surface area contributed by atoms with Gasteiger partial charge in [-0.05, 0) is 66.4 Å². The summed E-state index contributed by atoms with van der Waals surface area (Å²) in [7, 11) is 0. The first kappa shape index (κ1) is 29.6. The molecule has 0 bridgehead atoms. The Balaban J connectivity index is 1.39. The Hall–Kier alpha value is -5.09. The fraction of sp³-hybridized carbons (Fsp3) is 0.194. The molecule has 0 saturated carbocycles. The molecule has 8 nitrogen and oxygen atoms in total. The molecule has 2 aliphatic heterocycles. The Labute approximate surface area is 270 Å². The van der Waals surface area contributed by atoms with Crippen LogP contribution in [0.15, 0.2) is 91.0 Å². The molecule has 0 aliphatic carbocycles. The molecule has 0 spiro atoms. The summed E-state index contributed by atoms with van der Waals surface area (Å²) in [5, 5.41) is 7.80. The van der Waals surface area contributed by atoms with Crippen molar-refractivity contribution in [2.24, 2.45) is 0 Å². The number of carbonyl (C=O) groups is 2. The first-order chi connectivity index (χ1) is 22.4. The number of amides is 2. The summed E-state index contributed by atoms with van der Waals surface area (Å²) in [6, 6.07) is 27.7. The van der Waals surface area contributed by atoms with E-state index in [1.165, 1.54) is 23.9 Å². The van der Waals surface area contributed by atoms with Gasteiger partial charge >= 0.3 is 0 Å². The quantitative estimate of drug-likeness (QED) is 0.220. The number of aryl methyl sites for hydroxylation is 1. The van der Waals surface area contributed by atoms with Gasteiger partial charge in [0.2, 0.25) is 18.6 Å². The first-order valence-corrected chi connectivity index (χ1v) is 16.0. The lowest BCUT2D eigenvalue weighted by Crippen LogP contribution is -2.42. The standard InChI is InChI=1S/C36H31FN4O4S/c1-22-7-6-10-28(23(22)2)41-36-33(34(39-41)25-8-4-3-5-9-25)35(26-13-16-29-30(17-26)45-21-44-29)46-20-32(43)40(36)19-31(42)38-18-24-11-14-27(37)15-12-24/h3-17,35H,18-21H2,1-2H3,(H,38,42)/t35-/m1/s1. The Morgan fingerprint density at radius 3 is 2.57 bits per heavy atom. The van der Waals surface area contributed by atoms with Crippen molar-refractivity contribution < 1.29 is 23.5 Å². The van der Waals surface area contributed by atoms with Crippen LogP contribution in [-0.2, 0) is 16.1 Å². The van der Waals surface area contributed by atoms with Crippen LogP contribution in [0.1, 0.15) is 33.1 Å². The van der Waals surface area contributed by atoms with E-state index in [9.17, 15) is 14.0 Å². The maximum Gasteiger partial charge on any atom is 0.240 e. The van der Waals surface area contributed by atoms with Gasteiger partial charge in [0.1, 0.15) is 18.2 Å². The minimum Gasteiger partial charge on any atom is -0.454 e. The van der Waals surface area contributed by atoms with E-state index < -0.39 is 0 Å². The number of rotatable bonds is 7. The maximum absolute atomic E-state index is 14.1. The highest BCUT2D eigenvalue weighted by atomic mass is 32.2. The van der Waals surface area contributed by atoms with Gasteiger partial charge in [0.25, 0.3) is 0 Å². The molecule has 0 unspecified atom stereocenters. The minimum absolute atomic E-state index is 0.139. The molecule has 2 aliphatic rings. The highest BCUT2D eigenvalue weighted by molar-refractivity contribution is 8.00. The normalized spacial score (nSPS) is 15.4. The van der Waals surface area contributed by atoms with Crippen LogP contribution >= 0.6 is 11.8 Å². The van der Waals surface area contributed by atoms with Crippen LogP contribution in [0.5, 0.6) is 11.5 Å². The van der Waals surface area contributed by atoms with E-state index in [0.717, 1.165) is 44.8 Å². The van der Waals surface area contributed by atoms with Crippen molar-refractivity contribution in [3.05, 3.63) is 125 Å². The molecule has 5 aromatic rings. The summed E-state index contributed by atoms with van der Waals surface area (Å²) in [5.41, 5.74) is 7.03. The predicted octanol–water partition coefficient (Wildman–Crippen LogP) is 6.51. The van der Waals surface area contributed by atoms with Gasteiger partial charge in [-0.25, -0.2) is 9.07 Å². The van der Waals surface area contributed by atoms with Crippen molar-refractivity contribution in [2.45, 2.75) is 25.6 Å². The van der Waals surface area contributed by atoms with Gasteiger partial charge in [-0.3, -0.25) is 14.5 Å². The third-order valence-corrected chi connectivity index (χ3v) is 9.60. The summed E-state index contributed by atoms with van der Waals surface area (Å²) < 4.78 is 26.6. The van der Waals surface area contributed by atoms with Crippen LogP contribution in [-0.4, -0.2) is 40.7 Å². The largest absolute Gasteiger partial charge is 0.454 e. The second kappa shape index (κ2) is 12.4. The number of hydrogen-bond donors (Lipinski definition) is 1. The smallest absolute Gasteiger partial charge is 0.240 e. The van der Waals surface area contributed by atoms with Crippen molar-refractivity contribution in [2.75, 3.05) is 24.0 Å². The van der Waals surface area contributed by atoms with Gasteiger partial charge in [-0.1, -0.05) is 60.7 Å². The molecule has 2 amide bonds. The molecule has 46 heavy (non-hydrogen) atoms. The minimum atomic E-state index is -0.346. The number of halogens is 1. The van der Waals surface area contributed by atoms with Crippen LogP contribution in [0.2, 0.25) is 0 Å². The Morgan fingerprint density at radius 1 is 0.978 bits per heavy atom. The van der Waals surface area contributed by atoms with Crippen LogP contribution < -0.4 is 19.7 Å². The predicted molar refractivity (Wildman–Crippen MR) is 176 cm³/mol. The Kier molecular flexibility index (Phi) is 7.96. The molecule has 1 aromatic heterocycles. The molecule has 0 fully saturated rings. The summed E-state index contributed by atoms with van der Waals surface area (Å²) in [4.78, 5) is 29.1. The van der Waals surface area contributed by atoms with E-state index in [1.54, 1.807) is 17.0 Å². The molecule has 3 heterocycles. The van der Waals surface area contributed by atoms with Gasteiger partial charge in [-0.2, -0.15) is 5.10 Å². The van der Waals surface area contributed by atoms with Crippen LogP contribution in [0.4, 0.5) is 10.2 Å². The maximum atomic E-state index is 14.1. The molecule has 7 rings (SSSR count). The Morgan fingerprint density at radius 2 is 1.76 bits per heavy atom. The molecule has 1 atom stereocenters. The van der Waals surface area contributed by atoms with E-state index in [0.29, 0.717) is 17.3 Å². The van der Waals surface area contributed by atoms with Crippen molar-refractivity contribution >= 4 is 29.4 Å². The molecular formula is C36H31FN4O4S. The number of fused-ring (bicyclic) bond motifs is 2. The lowest BCUT2D eigenvalue weighted by Gasteiger charge is -2.24. The van der Waals surface area contributed by atoms with E-state index in [-0.39, 0.29) is 48.5 Å². The average molecular weight is 635 g/mol. The number of carbonyl (C=O) groups excluding carboxylic acids is 2. The zero-order valence-electron chi connectivity index (χ0n) is 25.3. The molecule has 1 N–H and O–H groups in total. The van der Waals surface area contributed by atoms with E-state index in [4.69, 9.17) is 14.6 Å². The molecule has 232 valence electrons. The average Bonchev–Trinajstić information content (AvgIpc) is 3.67. The number of nitrogens with one attached hydrogen (secondary N) is 1. The second-order valence-corrected chi connectivity index (χ2v) is 12.4. The lowest BCUT2D eigenvalue weighted by molar-refractivity contribution is -0.123. The molecule has 4 aromatic carbocycles. The molecule has 10 heteroatoms. The van der Waals surface area contributed by atoms with Crippen LogP contribution in [0, 0.1) is 19.7 Å². The number of aromatic nitrogens is 2. The van der Waals surface area contributed by atoms with Crippen LogP contribution in [0.3, 0.4) is 0 Å². The van der Waals surface area contributed by atoms with E-state index in [2.05, 4.69) is 5.32 Å². The van der Waals surface area contributed by atoms with Gasteiger partial charge < -0.3 is 14.8 Å². The highest BCUT2D eigenvalue weighted by Gasteiger charge is 2.38. The number of nitrogens with zero attached hydrogens (tertiary/aromatic N) is 3. The van der Waals surface area contributed by atoms with E-state index >= 15 is 0 Å². The highest BCUT2D eigenvalue weighted by Crippen LogP contribution is 2.50. The van der Waals surface area contributed by atoms with Gasteiger partial charge in [0.05, 0.1) is 22.4 Å². The second-order valence-electron chi connectivity index (χ2n) is 11.3. The SMILES string of the molecule is Cc1cccc(-n2nc(-c3ccccc3)c3c2N(CC(=O)NCc2ccc(F)cc2)C(=O)CS[C@@H]3c2ccc3c(c2)OCO3)c1C. The number of thioether (sulfide) groups is 1. The van der Waals surface area contributed by atoms with Crippen molar-refractivity contribution in [1.29, 1.82) is 0 Å². The summed E-state index contributed by atoms with van der Waals surface area (Å²) in [6.45, 7) is 4.21. The molecule has 0 radical (unpaired) electrons. The zero-order chi connectivity index (χ0) is 31.8. The third-order valence-electron chi connectivity index (χ3n) is 8.34. The van der Waals surface area contributed by atoms with E-state index in [1.807, 2.05) is 85.3 Å². The zero-order valence-corrected chi connectivity index (χ0v) is 26.1. The van der Waals surface area contributed by atoms with Crippen LogP contribution in [0.25, 0.3) is 16.9 Å². The fourth-order valence-corrected chi connectivity index (χ4v) is 6.99. The lowest BCUT2D eigenvalue weighted by atomic mass is 9.99. The fourth-order valence-electron chi connectivity index (χ4n) is 5.80. The van der Waals surface area contributed by atoms with Crippen molar-refractivity contribution in [3.63, 3.8) is 0 Å². The topological polar surface area (TPSA) is 85.7 Å². The summed E-state index contributed by atoms with van der Waals surface area (Å²) in [5.74, 6) is 1.11. The summed E-state index contributed by atoms with van der Waals surface area (Å²) >= 11 is 1.49. The Bertz CT molecular complexity index is 1940. The van der Waals surface area contributed by atoms with Gasteiger partial charge in [0, 0.05) is 17.7 Å². The van der Waals surface area contributed by atoms with Crippen molar-refractivity contribution in [3.8, 4) is 28.4 Å². The third kappa shape index (κ3) is 5.60. The molecule has 0 saturated heterocycles. The summed E-state index contributed by atoms with van der Waals surface area (Å²) in [6.07, 6.45) is 0. The number of anilines is 1. The molecular weight excluding hydrogens is 603 g/mol. The van der Waals surface area contributed by atoms with Gasteiger partial charge in [0.15, 0.2) is 11.5 Å². The number of hydrogen-bond acceptors (Lipinski definition) is 6. The van der Waals surface area contributed by atoms with Gasteiger partial charge in [-0.15, -0.1) is 11.8 Å². The monoisotopic (exact) mass is 634 g/mol. The number of benzene rings is 4. The van der Waals surface area contributed by atoms with Crippen molar-refractivity contribution in [1.82, 2.24) is 15.1 Å².